The largest absolute Gasteiger partial charge is 0.348 e. The number of imidazole rings is 1. The highest BCUT2D eigenvalue weighted by Crippen LogP contribution is 2.21. The van der Waals surface area contributed by atoms with E-state index in [1.807, 2.05) is 36.8 Å². The number of nitrogens with one attached hydrogen (secondary N) is 1. The molecule has 0 aliphatic carbocycles. The van der Waals surface area contributed by atoms with Crippen LogP contribution in [0.25, 0.3) is 0 Å². The van der Waals surface area contributed by atoms with Gasteiger partial charge in [0.2, 0.25) is 0 Å². The Hall–Kier alpha value is -2.53. The van der Waals surface area contributed by atoms with Gasteiger partial charge >= 0.3 is 0 Å². The lowest BCUT2D eigenvalue weighted by atomic mass is 10.1. The first-order valence-electron chi connectivity index (χ1n) is 8.27. The van der Waals surface area contributed by atoms with Crippen molar-refractivity contribution in [3.63, 3.8) is 0 Å². The van der Waals surface area contributed by atoms with Crippen LogP contribution in [0, 0.1) is 6.92 Å². The van der Waals surface area contributed by atoms with Gasteiger partial charge in [-0.3, -0.25) is 14.9 Å². The molecule has 5 heteroatoms. The Kier molecular flexibility index (Phi) is 5.33. The summed E-state index contributed by atoms with van der Waals surface area (Å²) in [4.78, 5) is 18.8. The van der Waals surface area contributed by atoms with Crippen LogP contribution in [0.4, 0.5) is 0 Å². The zero-order valence-corrected chi connectivity index (χ0v) is 14.2. The lowest BCUT2D eigenvalue weighted by Crippen LogP contribution is -2.30. The van der Waals surface area contributed by atoms with E-state index in [-0.39, 0.29) is 6.04 Å². The van der Waals surface area contributed by atoms with Gasteiger partial charge < -0.3 is 4.98 Å². The standard InChI is InChI=1S/C19H23N5/c1-15-6-5-10-22-19(15)13-24(11-8-17-12-20-14-23-17)16(2)18-7-3-4-9-21-18/h3-7,9-10,12,14,16H,8,11,13H2,1-2H3,(H,20,23). The van der Waals surface area contributed by atoms with E-state index >= 15 is 0 Å². The Morgan fingerprint density at radius 1 is 1.12 bits per heavy atom. The maximum absolute atomic E-state index is 4.56. The Morgan fingerprint density at radius 2 is 2.00 bits per heavy atom. The molecule has 124 valence electrons. The third kappa shape index (κ3) is 4.06. The summed E-state index contributed by atoms with van der Waals surface area (Å²) in [5, 5.41) is 0. The number of hydrogen-bond donors (Lipinski definition) is 1. The van der Waals surface area contributed by atoms with Crippen molar-refractivity contribution in [1.82, 2.24) is 24.8 Å². The third-order valence-electron chi connectivity index (χ3n) is 4.36. The van der Waals surface area contributed by atoms with Gasteiger partial charge in [-0.1, -0.05) is 12.1 Å². The molecule has 0 saturated carbocycles. The molecule has 3 rings (SSSR count). The highest BCUT2D eigenvalue weighted by molar-refractivity contribution is 5.18. The molecule has 3 heterocycles. The second-order valence-electron chi connectivity index (χ2n) is 5.99. The first-order valence-corrected chi connectivity index (χ1v) is 8.27. The van der Waals surface area contributed by atoms with E-state index in [1.54, 1.807) is 6.33 Å². The average molecular weight is 321 g/mol. The van der Waals surface area contributed by atoms with Crippen LogP contribution < -0.4 is 0 Å². The van der Waals surface area contributed by atoms with E-state index in [1.165, 1.54) is 5.56 Å². The molecule has 0 fully saturated rings. The number of pyridine rings is 2. The Bertz CT molecular complexity index is 739. The van der Waals surface area contributed by atoms with Crippen molar-refractivity contribution >= 4 is 0 Å². The first-order chi connectivity index (χ1) is 11.7. The summed E-state index contributed by atoms with van der Waals surface area (Å²) < 4.78 is 0. The van der Waals surface area contributed by atoms with Crippen molar-refractivity contribution in [3.05, 3.63) is 77.9 Å². The summed E-state index contributed by atoms with van der Waals surface area (Å²) >= 11 is 0. The quantitative estimate of drug-likeness (QED) is 0.725. The molecule has 0 aliphatic rings. The van der Waals surface area contributed by atoms with E-state index in [4.69, 9.17) is 0 Å². The smallest absolute Gasteiger partial charge is 0.0921 e. The van der Waals surface area contributed by atoms with Gasteiger partial charge in [0.15, 0.2) is 0 Å². The molecule has 0 bridgehead atoms. The summed E-state index contributed by atoms with van der Waals surface area (Å²) in [6.07, 6.45) is 8.25. The number of H-pyrrole nitrogens is 1. The van der Waals surface area contributed by atoms with E-state index in [0.29, 0.717) is 0 Å². The van der Waals surface area contributed by atoms with Gasteiger partial charge in [0.1, 0.15) is 0 Å². The molecular weight excluding hydrogens is 298 g/mol. The Morgan fingerprint density at radius 3 is 2.71 bits per heavy atom. The molecule has 1 N–H and O–H groups in total. The lowest BCUT2D eigenvalue weighted by molar-refractivity contribution is 0.197. The molecule has 0 spiro atoms. The van der Waals surface area contributed by atoms with Crippen LogP contribution in [0.15, 0.2) is 55.2 Å². The second-order valence-corrected chi connectivity index (χ2v) is 5.99. The summed E-state index contributed by atoms with van der Waals surface area (Å²) in [6, 6.07) is 10.4. The summed E-state index contributed by atoms with van der Waals surface area (Å²) in [7, 11) is 0. The molecule has 0 saturated heterocycles. The number of aryl methyl sites for hydroxylation is 1. The van der Waals surface area contributed by atoms with Crippen molar-refractivity contribution in [2.45, 2.75) is 32.9 Å². The summed E-state index contributed by atoms with van der Waals surface area (Å²) in [6.45, 7) is 6.03. The van der Waals surface area contributed by atoms with Crippen molar-refractivity contribution < 1.29 is 0 Å². The fourth-order valence-electron chi connectivity index (χ4n) is 2.78. The zero-order chi connectivity index (χ0) is 16.8. The second kappa shape index (κ2) is 7.84. The van der Waals surface area contributed by atoms with Crippen LogP contribution in [0.3, 0.4) is 0 Å². The minimum absolute atomic E-state index is 0.218. The van der Waals surface area contributed by atoms with Gasteiger partial charge in [-0.25, -0.2) is 4.98 Å². The number of aromatic nitrogens is 4. The number of nitrogens with zero attached hydrogens (tertiary/aromatic N) is 4. The van der Waals surface area contributed by atoms with Gasteiger partial charge in [0, 0.05) is 49.8 Å². The molecule has 1 atom stereocenters. The minimum atomic E-state index is 0.218. The van der Waals surface area contributed by atoms with Gasteiger partial charge in [0.25, 0.3) is 0 Å². The average Bonchev–Trinajstić information content (AvgIpc) is 3.14. The van der Waals surface area contributed by atoms with E-state index < -0.39 is 0 Å². The Labute approximate surface area is 142 Å². The van der Waals surface area contributed by atoms with E-state index in [0.717, 1.165) is 36.6 Å². The van der Waals surface area contributed by atoms with Gasteiger partial charge in [0.05, 0.1) is 17.7 Å². The van der Waals surface area contributed by atoms with Gasteiger partial charge in [-0.05, 0) is 37.6 Å². The minimum Gasteiger partial charge on any atom is -0.348 e. The number of rotatable bonds is 7. The van der Waals surface area contributed by atoms with Crippen LogP contribution in [0.5, 0.6) is 0 Å². The first kappa shape index (κ1) is 16.3. The molecule has 5 nitrogen and oxygen atoms in total. The molecule has 0 radical (unpaired) electrons. The highest BCUT2D eigenvalue weighted by atomic mass is 15.2. The molecule has 1 unspecified atom stereocenters. The molecule has 0 aliphatic heterocycles. The van der Waals surface area contributed by atoms with Crippen LogP contribution in [0.2, 0.25) is 0 Å². The van der Waals surface area contributed by atoms with E-state index in [9.17, 15) is 0 Å². The maximum Gasteiger partial charge on any atom is 0.0921 e. The van der Waals surface area contributed by atoms with Gasteiger partial charge in [-0.2, -0.15) is 0 Å². The van der Waals surface area contributed by atoms with E-state index in [2.05, 4.69) is 50.8 Å². The monoisotopic (exact) mass is 321 g/mol. The van der Waals surface area contributed by atoms with Crippen molar-refractivity contribution in [3.8, 4) is 0 Å². The molecule has 0 amide bonds. The van der Waals surface area contributed by atoms with Gasteiger partial charge in [-0.15, -0.1) is 0 Å². The van der Waals surface area contributed by atoms with Crippen molar-refractivity contribution in [2.24, 2.45) is 0 Å². The fourth-order valence-corrected chi connectivity index (χ4v) is 2.78. The van der Waals surface area contributed by atoms with Crippen molar-refractivity contribution in [2.75, 3.05) is 6.54 Å². The van der Waals surface area contributed by atoms with Crippen LogP contribution in [-0.2, 0) is 13.0 Å². The van der Waals surface area contributed by atoms with Crippen molar-refractivity contribution in [1.29, 1.82) is 0 Å². The normalized spacial score (nSPS) is 12.5. The Balaban J connectivity index is 1.78. The number of hydrogen-bond acceptors (Lipinski definition) is 4. The predicted octanol–water partition coefficient (Wildman–Crippen LogP) is 3.31. The van der Waals surface area contributed by atoms with Crippen LogP contribution in [0.1, 0.15) is 35.6 Å². The molecule has 24 heavy (non-hydrogen) atoms. The van der Waals surface area contributed by atoms with Crippen LogP contribution in [-0.4, -0.2) is 31.4 Å². The topological polar surface area (TPSA) is 57.7 Å². The lowest BCUT2D eigenvalue weighted by Gasteiger charge is -2.28. The molecule has 0 aromatic carbocycles. The highest BCUT2D eigenvalue weighted by Gasteiger charge is 2.18. The molecular formula is C19H23N5. The van der Waals surface area contributed by atoms with Crippen LogP contribution >= 0.6 is 0 Å². The maximum atomic E-state index is 4.56. The predicted molar refractivity (Wildman–Crippen MR) is 94.3 cm³/mol. The summed E-state index contributed by atoms with van der Waals surface area (Å²) in [5.74, 6) is 0. The molecule has 3 aromatic rings. The zero-order valence-electron chi connectivity index (χ0n) is 14.2. The molecule has 3 aromatic heterocycles. The fraction of sp³-hybridized carbons (Fsp3) is 0.316. The SMILES string of the molecule is Cc1cccnc1CN(CCc1cnc[nH]1)C(C)c1ccccn1. The third-order valence-corrected chi connectivity index (χ3v) is 4.36. The summed E-state index contributed by atoms with van der Waals surface area (Å²) in [5.41, 5.74) is 4.56. The number of aromatic amines is 1.